The molecular formula is C10H14ClN3O2. The van der Waals surface area contributed by atoms with Crippen molar-refractivity contribution >= 4 is 23.3 Å². The molecule has 0 aliphatic rings. The van der Waals surface area contributed by atoms with Crippen LogP contribution in [0.1, 0.15) is 10.4 Å². The molecule has 0 spiro atoms. The molecule has 6 heteroatoms. The van der Waals surface area contributed by atoms with Crippen LogP contribution < -0.4 is 5.32 Å². The van der Waals surface area contributed by atoms with Crippen LogP contribution >= 0.6 is 11.6 Å². The van der Waals surface area contributed by atoms with Gasteiger partial charge in [0.1, 0.15) is 11.0 Å². The maximum atomic E-state index is 11.9. The Labute approximate surface area is 99.0 Å². The predicted octanol–water partition coefficient (Wildman–Crippen LogP) is 0.841. The first-order valence-electron chi connectivity index (χ1n) is 4.80. The number of anilines is 1. The number of nitrogens with zero attached hydrogens (tertiary/aromatic N) is 2. The van der Waals surface area contributed by atoms with E-state index in [-0.39, 0.29) is 24.2 Å². The van der Waals surface area contributed by atoms with Gasteiger partial charge in [0.15, 0.2) is 0 Å². The van der Waals surface area contributed by atoms with Crippen molar-refractivity contribution in [3.63, 3.8) is 0 Å². The van der Waals surface area contributed by atoms with Crippen LogP contribution in [0.3, 0.4) is 0 Å². The van der Waals surface area contributed by atoms with Gasteiger partial charge in [-0.3, -0.25) is 4.79 Å². The highest BCUT2D eigenvalue weighted by atomic mass is 35.5. The number of pyridine rings is 1. The van der Waals surface area contributed by atoms with Crippen molar-refractivity contribution in [3.05, 3.63) is 22.8 Å². The van der Waals surface area contributed by atoms with Crippen LogP contribution in [0.2, 0.25) is 5.15 Å². The second-order valence-electron chi connectivity index (χ2n) is 3.26. The molecule has 0 aromatic carbocycles. The van der Waals surface area contributed by atoms with Gasteiger partial charge in [-0.15, -0.1) is 0 Å². The summed E-state index contributed by atoms with van der Waals surface area (Å²) in [5, 5.41) is 11.8. The average Bonchev–Trinajstić information content (AvgIpc) is 2.27. The van der Waals surface area contributed by atoms with Gasteiger partial charge in [0.2, 0.25) is 0 Å². The van der Waals surface area contributed by atoms with Crippen molar-refractivity contribution in [2.45, 2.75) is 0 Å². The quantitative estimate of drug-likeness (QED) is 0.770. The predicted molar refractivity (Wildman–Crippen MR) is 62.8 cm³/mol. The van der Waals surface area contributed by atoms with Gasteiger partial charge in [0.05, 0.1) is 6.61 Å². The number of hydrogen-bond donors (Lipinski definition) is 2. The second kappa shape index (κ2) is 5.67. The fourth-order valence-electron chi connectivity index (χ4n) is 1.22. The molecule has 16 heavy (non-hydrogen) atoms. The number of carbonyl (C=O) groups excluding carboxylic acids is 1. The molecule has 0 bridgehead atoms. The molecule has 5 nitrogen and oxygen atoms in total. The maximum absolute atomic E-state index is 11.9. The third-order valence-corrected chi connectivity index (χ3v) is 2.27. The fraction of sp³-hybridized carbons (Fsp3) is 0.400. The number of rotatable bonds is 4. The Morgan fingerprint density at radius 1 is 1.62 bits per heavy atom. The van der Waals surface area contributed by atoms with Gasteiger partial charge in [0.25, 0.3) is 5.91 Å². The molecule has 0 unspecified atom stereocenters. The third kappa shape index (κ3) is 3.08. The minimum atomic E-state index is -0.199. The van der Waals surface area contributed by atoms with Crippen molar-refractivity contribution in [1.29, 1.82) is 0 Å². The summed E-state index contributed by atoms with van der Waals surface area (Å²) in [5.41, 5.74) is 0.445. The Morgan fingerprint density at radius 3 is 2.88 bits per heavy atom. The summed E-state index contributed by atoms with van der Waals surface area (Å²) in [6.07, 6.45) is 0. The lowest BCUT2D eigenvalue weighted by Gasteiger charge is -2.16. The first kappa shape index (κ1) is 12.7. The van der Waals surface area contributed by atoms with Crippen LogP contribution in [0, 0.1) is 0 Å². The van der Waals surface area contributed by atoms with Gasteiger partial charge < -0.3 is 15.3 Å². The molecule has 0 fully saturated rings. The lowest BCUT2D eigenvalue weighted by Crippen LogP contribution is -2.29. The van der Waals surface area contributed by atoms with Crippen molar-refractivity contribution < 1.29 is 9.90 Å². The number of nitrogens with one attached hydrogen (secondary N) is 1. The summed E-state index contributed by atoms with van der Waals surface area (Å²) < 4.78 is 0. The van der Waals surface area contributed by atoms with Crippen LogP contribution in [0.4, 0.5) is 5.82 Å². The maximum Gasteiger partial charge on any atom is 0.253 e. The molecule has 0 saturated carbocycles. The Hall–Kier alpha value is -1.33. The number of aliphatic hydroxyl groups excluding tert-OH is 1. The SMILES string of the molecule is CNc1cc(C(=O)N(C)CCO)cc(Cl)n1. The molecule has 2 N–H and O–H groups in total. The summed E-state index contributed by atoms with van der Waals surface area (Å²) in [6.45, 7) is 0.216. The standard InChI is InChI=1S/C10H14ClN3O2/c1-12-9-6-7(5-8(11)13-9)10(16)14(2)3-4-15/h5-6,15H,3-4H2,1-2H3,(H,12,13). The van der Waals surface area contributed by atoms with E-state index in [9.17, 15) is 4.79 Å². The zero-order valence-corrected chi connectivity index (χ0v) is 9.95. The molecular weight excluding hydrogens is 230 g/mol. The van der Waals surface area contributed by atoms with E-state index in [1.54, 1.807) is 20.2 Å². The highest BCUT2D eigenvalue weighted by Crippen LogP contribution is 2.15. The number of hydrogen-bond acceptors (Lipinski definition) is 4. The summed E-state index contributed by atoms with van der Waals surface area (Å²) in [5.74, 6) is 0.336. The second-order valence-corrected chi connectivity index (χ2v) is 3.65. The monoisotopic (exact) mass is 243 g/mol. The van der Waals surface area contributed by atoms with Gasteiger partial charge in [-0.2, -0.15) is 0 Å². The summed E-state index contributed by atoms with van der Waals surface area (Å²) in [4.78, 5) is 17.3. The highest BCUT2D eigenvalue weighted by Gasteiger charge is 2.13. The molecule has 0 atom stereocenters. The average molecular weight is 244 g/mol. The Balaban J connectivity index is 2.94. The molecule has 1 heterocycles. The van der Waals surface area contributed by atoms with Crippen LogP contribution in [0.5, 0.6) is 0 Å². The molecule has 1 amide bonds. The molecule has 88 valence electrons. The van der Waals surface area contributed by atoms with E-state index in [0.717, 1.165) is 0 Å². The van der Waals surface area contributed by atoms with E-state index in [0.29, 0.717) is 11.4 Å². The largest absolute Gasteiger partial charge is 0.395 e. The molecule has 0 saturated heterocycles. The first-order valence-corrected chi connectivity index (χ1v) is 5.18. The van der Waals surface area contributed by atoms with E-state index in [1.807, 2.05) is 0 Å². The number of aromatic nitrogens is 1. The van der Waals surface area contributed by atoms with Gasteiger partial charge in [0, 0.05) is 26.2 Å². The van der Waals surface area contributed by atoms with Crippen molar-refractivity contribution in [3.8, 4) is 0 Å². The van der Waals surface area contributed by atoms with Gasteiger partial charge in [-0.1, -0.05) is 11.6 Å². The van der Waals surface area contributed by atoms with E-state index < -0.39 is 0 Å². The van der Waals surface area contributed by atoms with E-state index in [2.05, 4.69) is 10.3 Å². The minimum absolute atomic E-state index is 0.0695. The van der Waals surface area contributed by atoms with E-state index in [4.69, 9.17) is 16.7 Å². The van der Waals surface area contributed by atoms with Crippen molar-refractivity contribution in [1.82, 2.24) is 9.88 Å². The Bertz CT molecular complexity index is 384. The van der Waals surface area contributed by atoms with Crippen LogP contribution in [0.15, 0.2) is 12.1 Å². The van der Waals surface area contributed by atoms with Gasteiger partial charge in [-0.25, -0.2) is 4.98 Å². The van der Waals surface area contributed by atoms with Crippen molar-refractivity contribution in [2.75, 3.05) is 32.6 Å². The molecule has 1 rings (SSSR count). The Morgan fingerprint density at radius 2 is 2.31 bits per heavy atom. The van der Waals surface area contributed by atoms with Gasteiger partial charge in [-0.05, 0) is 12.1 Å². The number of halogens is 1. The lowest BCUT2D eigenvalue weighted by atomic mass is 10.2. The van der Waals surface area contributed by atoms with E-state index >= 15 is 0 Å². The lowest BCUT2D eigenvalue weighted by molar-refractivity contribution is 0.0767. The summed E-state index contributed by atoms with van der Waals surface area (Å²) >= 11 is 5.78. The number of aliphatic hydroxyl groups is 1. The van der Waals surface area contributed by atoms with E-state index in [1.165, 1.54) is 11.0 Å². The number of amides is 1. The van der Waals surface area contributed by atoms with Gasteiger partial charge >= 0.3 is 0 Å². The third-order valence-electron chi connectivity index (χ3n) is 2.08. The highest BCUT2D eigenvalue weighted by molar-refractivity contribution is 6.29. The van der Waals surface area contributed by atoms with Crippen LogP contribution in [-0.4, -0.2) is 48.1 Å². The minimum Gasteiger partial charge on any atom is -0.395 e. The summed E-state index contributed by atoms with van der Waals surface area (Å²) in [7, 11) is 3.32. The van der Waals surface area contributed by atoms with Crippen molar-refractivity contribution in [2.24, 2.45) is 0 Å². The molecule has 0 radical (unpaired) electrons. The molecule has 1 aromatic rings. The topological polar surface area (TPSA) is 65.5 Å². The fourth-order valence-corrected chi connectivity index (χ4v) is 1.43. The van der Waals surface area contributed by atoms with Crippen LogP contribution in [-0.2, 0) is 0 Å². The zero-order chi connectivity index (χ0) is 12.1. The molecule has 0 aliphatic heterocycles. The normalized spacial score (nSPS) is 10.0. The summed E-state index contributed by atoms with van der Waals surface area (Å²) in [6, 6.07) is 3.11. The number of carbonyl (C=O) groups is 1. The zero-order valence-electron chi connectivity index (χ0n) is 9.20. The molecule has 0 aliphatic carbocycles. The number of likely N-dealkylation sites (N-methyl/N-ethyl adjacent to an activating group) is 1. The smallest absolute Gasteiger partial charge is 0.253 e. The first-order chi connectivity index (χ1) is 7.58. The van der Waals surface area contributed by atoms with Crippen LogP contribution in [0.25, 0.3) is 0 Å². The Kier molecular flexibility index (Phi) is 4.52. The molecule has 1 aromatic heterocycles.